The molecule has 0 N–H and O–H groups in total. The molecule has 0 saturated carbocycles. The highest BCUT2D eigenvalue weighted by atomic mass is 79.9. The number of hydrogen-bond donors (Lipinski definition) is 0. The number of thioether (sulfide) groups is 1. The molecule has 94 valence electrons. The molecule has 2 nitrogen and oxygen atoms in total. The molecule has 18 heavy (non-hydrogen) atoms. The van der Waals surface area contributed by atoms with Crippen molar-refractivity contribution in [2.75, 3.05) is 0 Å². The minimum absolute atomic E-state index is 0.463. The Labute approximate surface area is 132 Å². The van der Waals surface area contributed by atoms with Gasteiger partial charge in [0.1, 0.15) is 11.0 Å². The lowest BCUT2D eigenvalue weighted by atomic mass is 10.4. The molecule has 0 aliphatic carbocycles. The number of hydrogen-bond acceptors (Lipinski definition) is 3. The number of benzene rings is 1. The first-order valence-corrected chi connectivity index (χ1v) is 8.08. The van der Waals surface area contributed by atoms with Gasteiger partial charge in [-0.2, -0.15) is 0 Å². The van der Waals surface area contributed by atoms with Crippen molar-refractivity contribution < 1.29 is 0 Å². The SMILES string of the molecule is Cc1nc(CSc2ccccc2Br)nc(Cl)c1Br. The molecule has 2 rings (SSSR count). The molecule has 0 fully saturated rings. The molecular formula is C12H9Br2ClN2S. The van der Waals surface area contributed by atoms with Crippen LogP contribution in [0.15, 0.2) is 38.1 Å². The second-order valence-corrected chi connectivity index (χ2v) is 6.57. The Balaban J connectivity index is 2.14. The van der Waals surface area contributed by atoms with E-state index >= 15 is 0 Å². The molecule has 0 unspecified atom stereocenters. The number of aromatic nitrogens is 2. The molecule has 0 bridgehead atoms. The average molecular weight is 409 g/mol. The second-order valence-electron chi connectivity index (χ2n) is 3.55. The van der Waals surface area contributed by atoms with Gasteiger partial charge in [-0.1, -0.05) is 23.7 Å². The Morgan fingerprint density at radius 1 is 1.22 bits per heavy atom. The maximum atomic E-state index is 6.02. The van der Waals surface area contributed by atoms with E-state index in [1.165, 1.54) is 0 Å². The van der Waals surface area contributed by atoms with Gasteiger partial charge in [0.05, 0.1) is 15.9 Å². The van der Waals surface area contributed by atoms with Gasteiger partial charge >= 0.3 is 0 Å². The van der Waals surface area contributed by atoms with Crippen LogP contribution in [0, 0.1) is 6.92 Å². The summed E-state index contributed by atoms with van der Waals surface area (Å²) in [5.74, 6) is 1.43. The predicted molar refractivity (Wildman–Crippen MR) is 83.2 cm³/mol. The summed E-state index contributed by atoms with van der Waals surface area (Å²) in [5, 5.41) is 0.463. The van der Waals surface area contributed by atoms with Crippen LogP contribution in [0.3, 0.4) is 0 Å². The fraction of sp³-hybridized carbons (Fsp3) is 0.167. The smallest absolute Gasteiger partial charge is 0.147 e. The standard InChI is InChI=1S/C12H9Br2ClN2S/c1-7-11(14)12(15)17-10(16-7)6-18-9-5-3-2-4-8(9)13/h2-5H,6H2,1H3. The van der Waals surface area contributed by atoms with Crippen LogP contribution in [0.1, 0.15) is 11.5 Å². The molecule has 0 aliphatic rings. The summed E-state index contributed by atoms with van der Waals surface area (Å²) in [6.07, 6.45) is 0. The van der Waals surface area contributed by atoms with Crippen LogP contribution >= 0.6 is 55.2 Å². The second kappa shape index (κ2) is 6.37. The van der Waals surface area contributed by atoms with Gasteiger partial charge in [-0.05, 0) is 50.9 Å². The van der Waals surface area contributed by atoms with E-state index in [1.807, 2.05) is 25.1 Å². The topological polar surface area (TPSA) is 25.8 Å². The molecule has 6 heteroatoms. The van der Waals surface area contributed by atoms with Crippen molar-refractivity contribution in [1.29, 1.82) is 0 Å². The van der Waals surface area contributed by atoms with Crippen molar-refractivity contribution in [2.45, 2.75) is 17.6 Å². The third kappa shape index (κ3) is 3.47. The normalized spacial score (nSPS) is 10.7. The number of aryl methyl sites for hydroxylation is 1. The van der Waals surface area contributed by atoms with Gasteiger partial charge in [-0.25, -0.2) is 9.97 Å². The Kier molecular flexibility index (Phi) is 5.06. The Hall–Kier alpha value is -0.100. The summed E-state index contributed by atoms with van der Waals surface area (Å²) in [4.78, 5) is 9.81. The first-order chi connectivity index (χ1) is 8.58. The van der Waals surface area contributed by atoms with Crippen molar-refractivity contribution in [3.05, 3.63) is 49.9 Å². The van der Waals surface area contributed by atoms with E-state index < -0.39 is 0 Å². The van der Waals surface area contributed by atoms with Gasteiger partial charge in [-0.3, -0.25) is 0 Å². The van der Waals surface area contributed by atoms with Crippen LogP contribution in [0.25, 0.3) is 0 Å². The van der Waals surface area contributed by atoms with Crippen molar-refractivity contribution in [3.8, 4) is 0 Å². The quantitative estimate of drug-likeness (QED) is 0.512. The maximum absolute atomic E-state index is 6.02. The third-order valence-corrected chi connectivity index (χ3v) is 5.69. The Bertz CT molecular complexity index is 555. The first-order valence-electron chi connectivity index (χ1n) is 5.14. The Morgan fingerprint density at radius 2 is 1.94 bits per heavy atom. The predicted octanol–water partition coefficient (Wildman–Crippen LogP) is 5.26. The van der Waals surface area contributed by atoms with E-state index in [4.69, 9.17) is 11.6 Å². The van der Waals surface area contributed by atoms with Crippen LogP contribution < -0.4 is 0 Å². The van der Waals surface area contributed by atoms with E-state index in [2.05, 4.69) is 47.9 Å². The van der Waals surface area contributed by atoms with Crippen LogP contribution in [0.4, 0.5) is 0 Å². The van der Waals surface area contributed by atoms with Gasteiger partial charge in [0, 0.05) is 9.37 Å². The molecule has 0 spiro atoms. The highest BCUT2D eigenvalue weighted by Gasteiger charge is 2.08. The summed E-state index contributed by atoms with van der Waals surface area (Å²) in [5.41, 5.74) is 0.859. The fourth-order valence-electron chi connectivity index (χ4n) is 1.35. The number of rotatable bonds is 3. The molecule has 1 aromatic heterocycles. The zero-order valence-electron chi connectivity index (χ0n) is 9.45. The van der Waals surface area contributed by atoms with Crippen LogP contribution in [0.5, 0.6) is 0 Å². The summed E-state index contributed by atoms with van der Waals surface area (Å²) in [6, 6.07) is 8.07. The zero-order valence-corrected chi connectivity index (χ0v) is 14.2. The molecule has 0 amide bonds. The Morgan fingerprint density at radius 3 is 2.61 bits per heavy atom. The molecule has 0 radical (unpaired) electrons. The highest BCUT2D eigenvalue weighted by molar-refractivity contribution is 9.10. The van der Waals surface area contributed by atoms with Crippen LogP contribution in [-0.4, -0.2) is 9.97 Å². The molecule has 0 atom stereocenters. The summed E-state index contributed by atoms with van der Waals surface area (Å²) in [7, 11) is 0. The lowest BCUT2D eigenvalue weighted by Gasteiger charge is -2.06. The van der Waals surface area contributed by atoms with E-state index in [-0.39, 0.29) is 0 Å². The van der Waals surface area contributed by atoms with E-state index in [0.29, 0.717) is 10.9 Å². The zero-order chi connectivity index (χ0) is 13.1. The lowest BCUT2D eigenvalue weighted by molar-refractivity contribution is 0.984. The summed E-state index contributed by atoms with van der Waals surface area (Å²) in [6.45, 7) is 1.91. The number of halogens is 3. The molecule has 2 aromatic rings. The minimum Gasteiger partial charge on any atom is -0.236 e. The molecule has 1 heterocycles. The monoisotopic (exact) mass is 406 g/mol. The molecular weight excluding hydrogens is 399 g/mol. The average Bonchev–Trinajstić information content (AvgIpc) is 2.35. The molecule has 0 aliphatic heterocycles. The largest absolute Gasteiger partial charge is 0.236 e. The molecule has 1 aromatic carbocycles. The summed E-state index contributed by atoms with van der Waals surface area (Å²) < 4.78 is 1.84. The van der Waals surface area contributed by atoms with Gasteiger partial charge in [0.15, 0.2) is 0 Å². The van der Waals surface area contributed by atoms with E-state index in [0.717, 1.165) is 25.4 Å². The lowest BCUT2D eigenvalue weighted by Crippen LogP contribution is -1.97. The fourth-order valence-corrected chi connectivity index (χ4v) is 3.18. The van der Waals surface area contributed by atoms with Crippen molar-refractivity contribution >= 4 is 55.2 Å². The van der Waals surface area contributed by atoms with Crippen LogP contribution in [0.2, 0.25) is 5.15 Å². The van der Waals surface area contributed by atoms with Gasteiger partial charge in [-0.15, -0.1) is 11.8 Å². The van der Waals surface area contributed by atoms with Crippen LogP contribution in [-0.2, 0) is 5.75 Å². The third-order valence-electron chi connectivity index (χ3n) is 2.22. The highest BCUT2D eigenvalue weighted by Crippen LogP contribution is 2.30. The van der Waals surface area contributed by atoms with Crippen molar-refractivity contribution in [2.24, 2.45) is 0 Å². The van der Waals surface area contributed by atoms with E-state index in [1.54, 1.807) is 11.8 Å². The van der Waals surface area contributed by atoms with Crippen molar-refractivity contribution in [3.63, 3.8) is 0 Å². The van der Waals surface area contributed by atoms with Crippen molar-refractivity contribution in [1.82, 2.24) is 9.97 Å². The molecule has 0 saturated heterocycles. The summed E-state index contributed by atoms with van der Waals surface area (Å²) >= 11 is 14.6. The van der Waals surface area contributed by atoms with Gasteiger partial charge < -0.3 is 0 Å². The first kappa shape index (κ1) is 14.3. The minimum atomic E-state index is 0.463. The number of nitrogens with zero attached hydrogens (tertiary/aromatic N) is 2. The van der Waals surface area contributed by atoms with Gasteiger partial charge in [0.2, 0.25) is 0 Å². The van der Waals surface area contributed by atoms with E-state index in [9.17, 15) is 0 Å². The maximum Gasteiger partial charge on any atom is 0.147 e. The van der Waals surface area contributed by atoms with Gasteiger partial charge in [0.25, 0.3) is 0 Å².